The standard InChI is InChI=1S/C5H8NO2.Pr/c7-5(8)4-2-1-3-6-4;/h4H,1-3H2,(H,7,8);/q-1;. The van der Waals surface area contributed by atoms with E-state index in [-0.39, 0.29) is 41.3 Å². The molecule has 1 aliphatic rings. The van der Waals surface area contributed by atoms with E-state index in [1.54, 1.807) is 0 Å². The molecule has 1 saturated heterocycles. The van der Waals surface area contributed by atoms with Gasteiger partial charge < -0.3 is 10.4 Å². The van der Waals surface area contributed by atoms with E-state index in [0.29, 0.717) is 0 Å². The summed E-state index contributed by atoms with van der Waals surface area (Å²) >= 11 is 0. The van der Waals surface area contributed by atoms with E-state index in [2.05, 4.69) is 5.32 Å². The fourth-order valence-corrected chi connectivity index (χ4v) is 0.825. The summed E-state index contributed by atoms with van der Waals surface area (Å²) in [6.07, 6.45) is 1.67. The third-order valence-electron chi connectivity index (χ3n) is 1.27. The second-order valence-corrected chi connectivity index (χ2v) is 1.90. The molecule has 4 heteroatoms. The van der Waals surface area contributed by atoms with Crippen molar-refractivity contribution in [2.75, 3.05) is 6.54 Å². The maximum atomic E-state index is 10.1. The van der Waals surface area contributed by atoms with E-state index < -0.39 is 12.0 Å². The van der Waals surface area contributed by atoms with Crippen molar-refractivity contribution >= 4 is 5.97 Å². The van der Waals surface area contributed by atoms with Crippen LogP contribution in [0, 0.1) is 41.3 Å². The number of nitrogens with zero attached hydrogens (tertiary/aromatic N) is 1. The van der Waals surface area contributed by atoms with Crippen LogP contribution in [0.15, 0.2) is 0 Å². The molecule has 0 saturated carbocycles. The van der Waals surface area contributed by atoms with E-state index in [4.69, 9.17) is 5.11 Å². The number of carbonyl (C=O) groups is 1. The molecular weight excluding hydrogens is 247 g/mol. The molecule has 0 spiro atoms. The van der Waals surface area contributed by atoms with Crippen LogP contribution >= 0.6 is 0 Å². The molecule has 9 heavy (non-hydrogen) atoms. The second-order valence-electron chi connectivity index (χ2n) is 1.90. The van der Waals surface area contributed by atoms with Crippen LogP contribution in [0.1, 0.15) is 12.8 Å². The maximum Gasteiger partial charge on any atom is 0.285 e. The van der Waals surface area contributed by atoms with Crippen molar-refractivity contribution in [3.8, 4) is 0 Å². The Morgan fingerprint density at radius 2 is 2.33 bits per heavy atom. The third kappa shape index (κ3) is 2.92. The van der Waals surface area contributed by atoms with Gasteiger partial charge in [-0.1, -0.05) is 12.8 Å². The van der Waals surface area contributed by atoms with Crippen LogP contribution < -0.4 is 0 Å². The number of hydrogen-bond donors (Lipinski definition) is 1. The number of hydrogen-bond acceptors (Lipinski definition) is 1. The van der Waals surface area contributed by atoms with E-state index >= 15 is 0 Å². The van der Waals surface area contributed by atoms with E-state index in [9.17, 15) is 4.79 Å². The monoisotopic (exact) mass is 255 g/mol. The second kappa shape index (κ2) is 4.58. The summed E-state index contributed by atoms with van der Waals surface area (Å²) < 4.78 is 0. The van der Waals surface area contributed by atoms with Gasteiger partial charge in [0.25, 0.3) is 5.97 Å². The molecule has 1 atom stereocenters. The Hall–Kier alpha value is 0.794. The van der Waals surface area contributed by atoms with Gasteiger partial charge in [-0.25, -0.2) is 0 Å². The van der Waals surface area contributed by atoms with Crippen molar-refractivity contribution in [1.29, 1.82) is 0 Å². The minimum absolute atomic E-state index is 0. The minimum atomic E-state index is -0.775. The van der Waals surface area contributed by atoms with E-state index in [1.807, 2.05) is 0 Å². The predicted octanol–water partition coefficient (Wildman–Crippen LogP) is 0.607. The summed E-state index contributed by atoms with van der Waals surface area (Å²) in [6.45, 7) is 0.733. The molecular formula is C5H8NO2Pr-. The van der Waals surface area contributed by atoms with Gasteiger partial charge in [-0.2, -0.15) is 0 Å². The Balaban J connectivity index is 0.000000640. The van der Waals surface area contributed by atoms with Gasteiger partial charge in [0.1, 0.15) is 0 Å². The minimum Gasteiger partial charge on any atom is -0.650 e. The molecule has 1 radical (unpaired) electrons. The smallest absolute Gasteiger partial charge is 0.285 e. The Bertz CT molecular complexity index is 101. The van der Waals surface area contributed by atoms with Gasteiger partial charge in [0.2, 0.25) is 0 Å². The molecule has 0 bridgehead atoms. The van der Waals surface area contributed by atoms with Crippen LogP contribution in [-0.2, 0) is 4.79 Å². The van der Waals surface area contributed by atoms with Crippen LogP contribution in [0.5, 0.6) is 0 Å². The van der Waals surface area contributed by atoms with E-state index in [0.717, 1.165) is 19.4 Å². The molecule has 1 fully saturated rings. The van der Waals surface area contributed by atoms with Gasteiger partial charge in [-0.3, -0.25) is 4.79 Å². The summed E-state index contributed by atoms with van der Waals surface area (Å²) in [5.74, 6) is -0.775. The van der Waals surface area contributed by atoms with Gasteiger partial charge in [0.15, 0.2) is 0 Å². The zero-order chi connectivity index (χ0) is 5.98. The Morgan fingerprint density at radius 3 is 2.56 bits per heavy atom. The molecule has 1 unspecified atom stereocenters. The first kappa shape index (κ1) is 9.79. The molecule has 1 aliphatic heterocycles. The van der Waals surface area contributed by atoms with Crippen molar-refractivity contribution in [1.82, 2.24) is 0 Å². The zero-order valence-electron chi connectivity index (χ0n) is 5.08. The summed E-state index contributed by atoms with van der Waals surface area (Å²) in [4.78, 5) is 10.1. The van der Waals surface area contributed by atoms with Crippen LogP contribution in [-0.4, -0.2) is 23.7 Å². The molecule has 1 N–H and O–H groups in total. The number of carboxylic acid groups (broad SMARTS) is 1. The van der Waals surface area contributed by atoms with Crippen molar-refractivity contribution in [2.24, 2.45) is 0 Å². The predicted molar refractivity (Wildman–Crippen MR) is 28.9 cm³/mol. The van der Waals surface area contributed by atoms with Gasteiger partial charge in [0, 0.05) is 41.3 Å². The normalized spacial score (nSPS) is 25.1. The van der Waals surface area contributed by atoms with Gasteiger partial charge in [-0.15, -0.1) is 6.54 Å². The molecule has 49 valence electrons. The van der Waals surface area contributed by atoms with Crippen molar-refractivity contribution in [3.63, 3.8) is 0 Å². The van der Waals surface area contributed by atoms with Gasteiger partial charge >= 0.3 is 0 Å². The first-order valence-electron chi connectivity index (χ1n) is 2.70. The molecule has 0 aliphatic carbocycles. The van der Waals surface area contributed by atoms with Crippen LogP contribution in [0.3, 0.4) is 0 Å². The number of carboxylic acids is 1. The Labute approximate surface area is 87.2 Å². The topological polar surface area (TPSA) is 51.4 Å². The summed E-state index contributed by atoms with van der Waals surface area (Å²) in [6, 6.07) is -0.394. The van der Waals surface area contributed by atoms with Crippen LogP contribution in [0.4, 0.5) is 0 Å². The van der Waals surface area contributed by atoms with Crippen LogP contribution in [0.2, 0.25) is 0 Å². The number of rotatable bonds is 1. The maximum absolute atomic E-state index is 10.1. The van der Waals surface area contributed by atoms with Crippen molar-refractivity contribution in [2.45, 2.75) is 18.9 Å². The quantitative estimate of drug-likeness (QED) is 0.746. The molecule has 1 rings (SSSR count). The SMILES string of the molecule is O=C(O)C1CCC[N-]1.[Pr]. The summed E-state index contributed by atoms with van der Waals surface area (Å²) in [7, 11) is 0. The molecule has 3 nitrogen and oxygen atoms in total. The van der Waals surface area contributed by atoms with Crippen molar-refractivity contribution in [3.05, 3.63) is 5.32 Å². The Morgan fingerprint density at radius 1 is 1.67 bits per heavy atom. The average molecular weight is 255 g/mol. The summed E-state index contributed by atoms with van der Waals surface area (Å²) in [5.41, 5.74) is 0. The van der Waals surface area contributed by atoms with Crippen LogP contribution in [0.25, 0.3) is 5.32 Å². The molecule has 0 aromatic rings. The first-order valence-corrected chi connectivity index (χ1v) is 2.70. The average Bonchev–Trinajstić information content (AvgIpc) is 2.12. The summed E-state index contributed by atoms with van der Waals surface area (Å²) in [5, 5.41) is 12.2. The molecule has 0 amide bonds. The molecule has 1 heterocycles. The first-order chi connectivity index (χ1) is 3.80. The van der Waals surface area contributed by atoms with Gasteiger partial charge in [-0.05, 0) is 6.04 Å². The fraction of sp³-hybridized carbons (Fsp3) is 0.800. The molecule has 0 aromatic carbocycles. The fourth-order valence-electron chi connectivity index (χ4n) is 0.825. The van der Waals surface area contributed by atoms with Gasteiger partial charge in [0.05, 0.1) is 0 Å². The van der Waals surface area contributed by atoms with Crippen molar-refractivity contribution < 1.29 is 51.2 Å². The largest absolute Gasteiger partial charge is 0.650 e. The third-order valence-corrected chi connectivity index (χ3v) is 1.27. The number of aliphatic carboxylic acids is 1. The van der Waals surface area contributed by atoms with E-state index in [1.165, 1.54) is 0 Å². The zero-order valence-corrected chi connectivity index (χ0v) is 8.78. The molecule has 0 aromatic heterocycles. The Kier molecular flexibility index (Phi) is 4.99.